The van der Waals surface area contributed by atoms with E-state index in [1.165, 1.54) is 0 Å². The number of aromatic nitrogens is 3. The molecule has 0 atom stereocenters. The number of nitrogens with one attached hydrogen (secondary N) is 2. The molecular formula is C10H9ClN4O. The van der Waals surface area contributed by atoms with Crippen molar-refractivity contribution in [3.8, 4) is 0 Å². The molecule has 82 valence electrons. The Morgan fingerprint density at radius 1 is 1.50 bits per heavy atom. The third kappa shape index (κ3) is 2.58. The van der Waals surface area contributed by atoms with E-state index >= 15 is 0 Å². The van der Waals surface area contributed by atoms with Crippen molar-refractivity contribution >= 4 is 17.5 Å². The number of rotatable bonds is 3. The Kier molecular flexibility index (Phi) is 3.16. The van der Waals surface area contributed by atoms with Gasteiger partial charge in [-0.05, 0) is 12.1 Å². The summed E-state index contributed by atoms with van der Waals surface area (Å²) < 4.78 is 0. The number of pyridine rings is 1. The fraction of sp³-hybridized carbons (Fsp3) is 0.100. The largest absolute Gasteiger partial charge is 0.347 e. The van der Waals surface area contributed by atoms with Crippen molar-refractivity contribution in [1.29, 1.82) is 0 Å². The number of hydrogen-bond donors (Lipinski definition) is 2. The van der Waals surface area contributed by atoms with Crippen LogP contribution in [0.2, 0.25) is 5.15 Å². The van der Waals surface area contributed by atoms with Crippen molar-refractivity contribution in [2.75, 3.05) is 0 Å². The Balaban J connectivity index is 1.98. The van der Waals surface area contributed by atoms with Crippen LogP contribution in [0.5, 0.6) is 0 Å². The number of imidazole rings is 1. The fourth-order valence-electron chi connectivity index (χ4n) is 1.18. The Hall–Kier alpha value is -1.88. The number of hydrogen-bond acceptors (Lipinski definition) is 3. The van der Waals surface area contributed by atoms with Crippen molar-refractivity contribution in [3.05, 3.63) is 47.3 Å². The molecule has 0 bridgehead atoms. The van der Waals surface area contributed by atoms with Crippen LogP contribution in [0.25, 0.3) is 0 Å². The maximum atomic E-state index is 11.6. The molecule has 6 heteroatoms. The van der Waals surface area contributed by atoms with Crippen molar-refractivity contribution in [2.24, 2.45) is 0 Å². The van der Waals surface area contributed by atoms with E-state index in [0.717, 1.165) is 5.69 Å². The number of halogens is 1. The van der Waals surface area contributed by atoms with Crippen LogP contribution in [0.1, 0.15) is 16.2 Å². The Morgan fingerprint density at radius 3 is 3.06 bits per heavy atom. The lowest BCUT2D eigenvalue weighted by Crippen LogP contribution is -2.23. The molecule has 2 aromatic heterocycles. The van der Waals surface area contributed by atoms with Gasteiger partial charge in [0.05, 0.1) is 18.6 Å². The number of aromatic amines is 1. The number of nitrogens with zero attached hydrogens (tertiary/aromatic N) is 2. The molecule has 5 nitrogen and oxygen atoms in total. The molecule has 0 aliphatic rings. The number of amides is 1. The zero-order chi connectivity index (χ0) is 11.4. The molecule has 2 N–H and O–H groups in total. The van der Waals surface area contributed by atoms with Crippen LogP contribution in [0.3, 0.4) is 0 Å². The SMILES string of the molecule is O=C(NCc1cnc[nH]1)c1cccc(Cl)n1. The average molecular weight is 237 g/mol. The molecule has 2 heterocycles. The Morgan fingerprint density at radius 2 is 2.38 bits per heavy atom. The van der Waals surface area contributed by atoms with Crippen LogP contribution in [-0.4, -0.2) is 20.9 Å². The summed E-state index contributed by atoms with van der Waals surface area (Å²) in [7, 11) is 0. The zero-order valence-electron chi connectivity index (χ0n) is 8.27. The van der Waals surface area contributed by atoms with Gasteiger partial charge in [0, 0.05) is 6.20 Å². The highest BCUT2D eigenvalue weighted by molar-refractivity contribution is 6.29. The normalized spacial score (nSPS) is 10.1. The summed E-state index contributed by atoms with van der Waals surface area (Å²) in [5.41, 5.74) is 1.13. The van der Waals surface area contributed by atoms with E-state index in [2.05, 4.69) is 20.3 Å². The molecule has 0 unspecified atom stereocenters. The van der Waals surface area contributed by atoms with Crippen molar-refractivity contribution in [2.45, 2.75) is 6.54 Å². The minimum Gasteiger partial charge on any atom is -0.347 e. The summed E-state index contributed by atoms with van der Waals surface area (Å²) in [6.45, 7) is 0.382. The topological polar surface area (TPSA) is 70.7 Å². The van der Waals surface area contributed by atoms with E-state index in [-0.39, 0.29) is 5.91 Å². The molecule has 0 radical (unpaired) electrons. The van der Waals surface area contributed by atoms with E-state index in [4.69, 9.17) is 11.6 Å². The second-order valence-corrected chi connectivity index (χ2v) is 3.49. The molecule has 2 aromatic rings. The van der Waals surface area contributed by atoms with Crippen LogP contribution >= 0.6 is 11.6 Å². The van der Waals surface area contributed by atoms with Gasteiger partial charge < -0.3 is 10.3 Å². The van der Waals surface area contributed by atoms with Crippen molar-refractivity contribution in [1.82, 2.24) is 20.3 Å². The highest BCUT2D eigenvalue weighted by Crippen LogP contribution is 2.05. The van der Waals surface area contributed by atoms with Gasteiger partial charge in [-0.2, -0.15) is 0 Å². The third-order valence-corrected chi connectivity index (χ3v) is 2.15. The van der Waals surface area contributed by atoms with Crippen LogP contribution in [0.4, 0.5) is 0 Å². The summed E-state index contributed by atoms with van der Waals surface area (Å²) in [4.78, 5) is 22.3. The van der Waals surface area contributed by atoms with Gasteiger partial charge in [0.25, 0.3) is 5.91 Å². The van der Waals surface area contributed by atoms with E-state index in [1.807, 2.05) is 0 Å². The fourth-order valence-corrected chi connectivity index (χ4v) is 1.35. The number of carbonyl (C=O) groups excluding carboxylic acids is 1. The molecular weight excluding hydrogens is 228 g/mol. The molecule has 16 heavy (non-hydrogen) atoms. The van der Waals surface area contributed by atoms with E-state index in [1.54, 1.807) is 30.7 Å². The van der Waals surface area contributed by atoms with Crippen LogP contribution in [-0.2, 0) is 6.54 Å². The summed E-state index contributed by atoms with van der Waals surface area (Å²) in [5, 5.41) is 3.00. The first-order chi connectivity index (χ1) is 7.75. The van der Waals surface area contributed by atoms with Gasteiger partial charge in [0.1, 0.15) is 10.8 Å². The molecule has 2 rings (SSSR count). The van der Waals surface area contributed by atoms with Gasteiger partial charge in [-0.1, -0.05) is 17.7 Å². The van der Waals surface area contributed by atoms with Gasteiger partial charge in [-0.3, -0.25) is 4.79 Å². The third-order valence-electron chi connectivity index (χ3n) is 1.94. The first-order valence-corrected chi connectivity index (χ1v) is 5.01. The predicted octanol–water partition coefficient (Wildman–Crippen LogP) is 1.39. The predicted molar refractivity (Wildman–Crippen MR) is 59.0 cm³/mol. The van der Waals surface area contributed by atoms with E-state index in [9.17, 15) is 4.79 Å². The zero-order valence-corrected chi connectivity index (χ0v) is 9.03. The molecule has 0 aliphatic carbocycles. The molecule has 0 aliphatic heterocycles. The lowest BCUT2D eigenvalue weighted by atomic mass is 10.3. The summed E-state index contributed by atoms with van der Waals surface area (Å²) in [6.07, 6.45) is 3.20. The average Bonchev–Trinajstić information content (AvgIpc) is 2.78. The first-order valence-electron chi connectivity index (χ1n) is 4.64. The van der Waals surface area contributed by atoms with Gasteiger partial charge in [0.2, 0.25) is 0 Å². The van der Waals surface area contributed by atoms with Crippen molar-refractivity contribution < 1.29 is 4.79 Å². The standard InChI is InChI=1S/C10H9ClN4O/c11-9-3-1-2-8(15-9)10(16)13-5-7-4-12-6-14-7/h1-4,6H,5H2,(H,12,14)(H,13,16). The van der Waals surface area contributed by atoms with Crippen molar-refractivity contribution in [3.63, 3.8) is 0 Å². The number of H-pyrrole nitrogens is 1. The monoisotopic (exact) mass is 236 g/mol. The van der Waals surface area contributed by atoms with Gasteiger partial charge in [-0.25, -0.2) is 9.97 Å². The summed E-state index contributed by atoms with van der Waals surface area (Å²) in [5.74, 6) is -0.267. The second kappa shape index (κ2) is 4.76. The Labute approximate surface area is 96.9 Å². The van der Waals surface area contributed by atoms with Gasteiger partial charge in [0.15, 0.2) is 0 Å². The van der Waals surface area contributed by atoms with E-state index < -0.39 is 0 Å². The molecule has 1 amide bonds. The van der Waals surface area contributed by atoms with Crippen LogP contribution in [0.15, 0.2) is 30.7 Å². The van der Waals surface area contributed by atoms with Gasteiger partial charge in [-0.15, -0.1) is 0 Å². The first kappa shape index (κ1) is 10.6. The lowest BCUT2D eigenvalue weighted by Gasteiger charge is -2.02. The highest BCUT2D eigenvalue weighted by Gasteiger charge is 2.07. The smallest absolute Gasteiger partial charge is 0.270 e. The highest BCUT2D eigenvalue weighted by atomic mass is 35.5. The molecule has 0 saturated carbocycles. The minimum absolute atomic E-state index is 0.267. The maximum absolute atomic E-state index is 11.6. The van der Waals surface area contributed by atoms with Crippen LogP contribution in [0, 0.1) is 0 Å². The summed E-state index contributed by atoms with van der Waals surface area (Å²) in [6, 6.07) is 4.90. The maximum Gasteiger partial charge on any atom is 0.270 e. The Bertz CT molecular complexity index is 483. The lowest BCUT2D eigenvalue weighted by molar-refractivity contribution is 0.0945. The minimum atomic E-state index is -0.267. The quantitative estimate of drug-likeness (QED) is 0.791. The van der Waals surface area contributed by atoms with E-state index in [0.29, 0.717) is 17.4 Å². The molecule has 0 aromatic carbocycles. The molecule has 0 spiro atoms. The van der Waals surface area contributed by atoms with Gasteiger partial charge >= 0.3 is 0 Å². The van der Waals surface area contributed by atoms with Crippen LogP contribution < -0.4 is 5.32 Å². The number of carbonyl (C=O) groups is 1. The second-order valence-electron chi connectivity index (χ2n) is 3.11. The molecule has 0 fully saturated rings. The summed E-state index contributed by atoms with van der Waals surface area (Å²) >= 11 is 5.68. The molecule has 0 saturated heterocycles.